The van der Waals surface area contributed by atoms with Gasteiger partial charge in [-0.2, -0.15) is 0 Å². The summed E-state index contributed by atoms with van der Waals surface area (Å²) < 4.78 is 0. The summed E-state index contributed by atoms with van der Waals surface area (Å²) in [7, 11) is 1.93. The molecule has 1 atom stereocenters. The first-order chi connectivity index (χ1) is 11.1. The highest BCUT2D eigenvalue weighted by Crippen LogP contribution is 2.29. The molecule has 0 aromatic heterocycles. The molecule has 3 heteroatoms. The second-order valence-electron chi connectivity index (χ2n) is 6.03. The molecular formula is C20H23N3. The molecular weight excluding hydrogens is 282 g/mol. The van der Waals surface area contributed by atoms with Crippen LogP contribution in [0.3, 0.4) is 0 Å². The van der Waals surface area contributed by atoms with Gasteiger partial charge in [-0.15, -0.1) is 0 Å². The summed E-state index contributed by atoms with van der Waals surface area (Å²) in [6.45, 7) is 2.13. The van der Waals surface area contributed by atoms with Crippen LogP contribution in [-0.2, 0) is 6.42 Å². The van der Waals surface area contributed by atoms with E-state index in [2.05, 4.69) is 60.0 Å². The predicted molar refractivity (Wildman–Crippen MR) is 96.5 cm³/mol. The Morgan fingerprint density at radius 1 is 1.04 bits per heavy atom. The van der Waals surface area contributed by atoms with Crippen LogP contribution in [0.1, 0.15) is 16.7 Å². The van der Waals surface area contributed by atoms with Crippen LogP contribution in [0.2, 0.25) is 0 Å². The van der Waals surface area contributed by atoms with Crippen molar-refractivity contribution in [3.63, 3.8) is 0 Å². The van der Waals surface area contributed by atoms with E-state index in [1.807, 2.05) is 31.4 Å². The van der Waals surface area contributed by atoms with Gasteiger partial charge in [0.05, 0.1) is 5.70 Å². The molecule has 1 heterocycles. The average Bonchev–Trinajstić information content (AvgIpc) is 2.56. The van der Waals surface area contributed by atoms with E-state index in [4.69, 9.17) is 5.73 Å². The Balaban J connectivity index is 1.99. The summed E-state index contributed by atoms with van der Waals surface area (Å²) in [4.78, 5) is 0. The standard InChI is InChI=1S/C20H23N3/c1-15-8-6-7-11-17(15)18-13-20(21,23-14-19(18)22-2)12-16-9-4-3-5-10-16/h3-11,13-14,22-23H,12,21H2,1-2H3. The number of hydrogen-bond donors (Lipinski definition) is 3. The van der Waals surface area contributed by atoms with Gasteiger partial charge in [-0.1, -0.05) is 54.6 Å². The fraction of sp³-hybridized carbons (Fsp3) is 0.200. The van der Waals surface area contributed by atoms with E-state index in [0.717, 1.165) is 17.7 Å². The molecule has 0 amide bonds. The molecule has 0 bridgehead atoms. The zero-order valence-corrected chi connectivity index (χ0v) is 13.6. The number of nitrogens with two attached hydrogens (primary N) is 1. The predicted octanol–water partition coefficient (Wildman–Crippen LogP) is 2.94. The molecule has 2 aromatic rings. The number of nitrogens with one attached hydrogen (secondary N) is 2. The van der Waals surface area contributed by atoms with Gasteiger partial charge in [0.25, 0.3) is 0 Å². The minimum atomic E-state index is -0.598. The van der Waals surface area contributed by atoms with Crippen LogP contribution in [0, 0.1) is 6.92 Å². The molecule has 23 heavy (non-hydrogen) atoms. The number of benzene rings is 2. The lowest BCUT2D eigenvalue weighted by atomic mass is 9.89. The van der Waals surface area contributed by atoms with Crippen molar-refractivity contribution in [3.05, 3.63) is 89.3 Å². The molecule has 1 aliphatic heterocycles. The fourth-order valence-electron chi connectivity index (χ4n) is 3.00. The largest absolute Gasteiger partial charge is 0.386 e. The maximum Gasteiger partial charge on any atom is 0.110 e. The lowest BCUT2D eigenvalue weighted by molar-refractivity contribution is 0.464. The van der Waals surface area contributed by atoms with Gasteiger partial charge in [-0.25, -0.2) is 0 Å². The minimum absolute atomic E-state index is 0.598. The quantitative estimate of drug-likeness (QED) is 0.814. The van der Waals surface area contributed by atoms with Crippen molar-refractivity contribution in [1.82, 2.24) is 10.6 Å². The minimum Gasteiger partial charge on any atom is -0.386 e. The first kappa shape index (κ1) is 15.4. The van der Waals surface area contributed by atoms with E-state index in [0.29, 0.717) is 0 Å². The van der Waals surface area contributed by atoms with Crippen molar-refractivity contribution < 1.29 is 0 Å². The Kier molecular flexibility index (Phi) is 4.22. The molecule has 0 saturated heterocycles. The van der Waals surface area contributed by atoms with E-state index in [1.165, 1.54) is 16.7 Å². The summed E-state index contributed by atoms with van der Waals surface area (Å²) in [6.07, 6.45) is 4.84. The van der Waals surface area contributed by atoms with E-state index < -0.39 is 5.66 Å². The van der Waals surface area contributed by atoms with E-state index >= 15 is 0 Å². The maximum atomic E-state index is 6.63. The zero-order chi connectivity index (χ0) is 16.3. The molecule has 1 unspecified atom stereocenters. The van der Waals surface area contributed by atoms with Crippen molar-refractivity contribution in [1.29, 1.82) is 0 Å². The van der Waals surface area contributed by atoms with Gasteiger partial charge in [0.2, 0.25) is 0 Å². The van der Waals surface area contributed by atoms with Crippen molar-refractivity contribution in [3.8, 4) is 0 Å². The Morgan fingerprint density at radius 3 is 2.43 bits per heavy atom. The number of rotatable bonds is 4. The highest BCUT2D eigenvalue weighted by molar-refractivity contribution is 5.81. The van der Waals surface area contributed by atoms with Crippen LogP contribution >= 0.6 is 0 Å². The van der Waals surface area contributed by atoms with Crippen molar-refractivity contribution in [2.24, 2.45) is 5.73 Å². The Labute approximate surface area is 137 Å². The van der Waals surface area contributed by atoms with Crippen LogP contribution < -0.4 is 16.4 Å². The van der Waals surface area contributed by atoms with Gasteiger partial charge in [0.1, 0.15) is 5.66 Å². The zero-order valence-electron chi connectivity index (χ0n) is 13.6. The normalized spacial score (nSPS) is 20.3. The molecule has 1 aliphatic rings. The highest BCUT2D eigenvalue weighted by Gasteiger charge is 2.27. The molecule has 0 radical (unpaired) electrons. The molecule has 3 nitrogen and oxygen atoms in total. The molecule has 2 aromatic carbocycles. The molecule has 4 N–H and O–H groups in total. The van der Waals surface area contributed by atoms with Gasteiger partial charge >= 0.3 is 0 Å². The highest BCUT2D eigenvalue weighted by atomic mass is 15.1. The van der Waals surface area contributed by atoms with Crippen molar-refractivity contribution in [2.45, 2.75) is 19.0 Å². The number of dihydropyridines is 1. The number of hydrogen-bond acceptors (Lipinski definition) is 3. The van der Waals surface area contributed by atoms with Crippen molar-refractivity contribution in [2.75, 3.05) is 7.05 Å². The number of aryl methyl sites for hydroxylation is 1. The second-order valence-corrected chi connectivity index (χ2v) is 6.03. The molecule has 0 aliphatic carbocycles. The second kappa shape index (κ2) is 6.31. The summed E-state index contributed by atoms with van der Waals surface area (Å²) in [5.41, 5.74) is 11.9. The molecule has 0 fully saturated rings. The lowest BCUT2D eigenvalue weighted by Crippen LogP contribution is -2.53. The third-order valence-electron chi connectivity index (χ3n) is 4.22. The van der Waals surface area contributed by atoms with E-state index in [-0.39, 0.29) is 0 Å². The smallest absolute Gasteiger partial charge is 0.110 e. The van der Waals surface area contributed by atoms with Crippen LogP contribution in [0.25, 0.3) is 5.57 Å². The third-order valence-corrected chi connectivity index (χ3v) is 4.22. The molecule has 0 saturated carbocycles. The molecule has 0 spiro atoms. The monoisotopic (exact) mass is 305 g/mol. The van der Waals surface area contributed by atoms with Gasteiger partial charge in [-0.3, -0.25) is 0 Å². The first-order valence-electron chi connectivity index (χ1n) is 7.89. The summed E-state index contributed by atoms with van der Waals surface area (Å²) >= 11 is 0. The Hall–Kier alpha value is -2.52. The summed E-state index contributed by atoms with van der Waals surface area (Å²) in [5, 5.41) is 6.60. The van der Waals surface area contributed by atoms with Crippen molar-refractivity contribution >= 4 is 5.57 Å². The van der Waals surface area contributed by atoms with Crippen LogP contribution in [0.4, 0.5) is 0 Å². The molecule has 3 rings (SSSR count). The first-order valence-corrected chi connectivity index (χ1v) is 7.89. The Morgan fingerprint density at radius 2 is 1.74 bits per heavy atom. The maximum absolute atomic E-state index is 6.63. The van der Waals surface area contributed by atoms with Crippen LogP contribution in [0.15, 0.2) is 72.6 Å². The van der Waals surface area contributed by atoms with Crippen LogP contribution in [0.5, 0.6) is 0 Å². The van der Waals surface area contributed by atoms with Gasteiger partial charge in [0, 0.05) is 25.2 Å². The number of allylic oxidation sites excluding steroid dienone is 1. The Bertz CT molecular complexity index is 746. The fourth-order valence-corrected chi connectivity index (χ4v) is 3.00. The molecule has 118 valence electrons. The van der Waals surface area contributed by atoms with E-state index in [1.54, 1.807) is 0 Å². The lowest BCUT2D eigenvalue weighted by Gasteiger charge is -2.33. The van der Waals surface area contributed by atoms with Crippen LogP contribution in [-0.4, -0.2) is 12.7 Å². The summed E-state index contributed by atoms with van der Waals surface area (Å²) in [5.74, 6) is 0. The van der Waals surface area contributed by atoms with Gasteiger partial charge < -0.3 is 16.4 Å². The third kappa shape index (κ3) is 3.30. The summed E-state index contributed by atoms with van der Waals surface area (Å²) in [6, 6.07) is 18.7. The van der Waals surface area contributed by atoms with Gasteiger partial charge in [-0.05, 0) is 29.7 Å². The number of likely N-dealkylation sites (N-methyl/N-ethyl adjacent to an activating group) is 1. The SMILES string of the molecule is CNC1=CNC(N)(Cc2ccccc2)C=C1c1ccccc1C. The topological polar surface area (TPSA) is 50.1 Å². The van der Waals surface area contributed by atoms with E-state index in [9.17, 15) is 0 Å². The average molecular weight is 305 g/mol. The van der Waals surface area contributed by atoms with Gasteiger partial charge in [0.15, 0.2) is 0 Å².